The van der Waals surface area contributed by atoms with Crippen molar-refractivity contribution >= 4 is 17.5 Å². The number of amides is 1. The largest absolute Gasteiger partial charge is 0.339 e. The maximum Gasteiger partial charge on any atom is 0.223 e. The van der Waals surface area contributed by atoms with E-state index in [0.717, 1.165) is 38.3 Å². The minimum atomic E-state index is 0.217. The molecule has 0 bridgehead atoms. The van der Waals surface area contributed by atoms with E-state index < -0.39 is 0 Å². The van der Waals surface area contributed by atoms with E-state index in [0.29, 0.717) is 24.0 Å². The highest BCUT2D eigenvalue weighted by Gasteiger charge is 2.31. The van der Waals surface area contributed by atoms with Gasteiger partial charge >= 0.3 is 0 Å². The molecule has 0 aliphatic carbocycles. The van der Waals surface area contributed by atoms with Crippen molar-refractivity contribution in [1.82, 2.24) is 19.4 Å². The van der Waals surface area contributed by atoms with Gasteiger partial charge < -0.3 is 14.4 Å². The standard InChI is InChI=1S/C15H25ClN4O/c1-4-5-8-20-13(16)9-17-14(20)6-7-15(21)19-10-12(11-19)18(2)3/h9,12H,4-8,10-11H2,1-3H3. The lowest BCUT2D eigenvalue weighted by Crippen LogP contribution is -2.59. The first-order chi connectivity index (χ1) is 10.0. The number of aromatic nitrogens is 2. The molecule has 1 aliphatic heterocycles. The Bertz CT molecular complexity index is 480. The van der Waals surface area contributed by atoms with Crippen LogP contribution in [0.25, 0.3) is 0 Å². The number of nitrogens with zero attached hydrogens (tertiary/aromatic N) is 4. The Labute approximate surface area is 131 Å². The van der Waals surface area contributed by atoms with Gasteiger partial charge in [-0.3, -0.25) is 4.79 Å². The zero-order valence-corrected chi connectivity index (χ0v) is 13.9. The molecule has 2 heterocycles. The summed E-state index contributed by atoms with van der Waals surface area (Å²) in [6.07, 6.45) is 5.06. The number of aryl methyl sites for hydroxylation is 1. The van der Waals surface area contributed by atoms with Gasteiger partial charge in [0, 0.05) is 38.5 Å². The second-order valence-corrected chi connectivity index (χ2v) is 6.31. The van der Waals surface area contributed by atoms with Crippen molar-refractivity contribution in [1.29, 1.82) is 0 Å². The molecule has 0 atom stereocenters. The number of carbonyl (C=O) groups excluding carboxylic acids is 1. The number of hydrogen-bond acceptors (Lipinski definition) is 3. The van der Waals surface area contributed by atoms with Crippen molar-refractivity contribution in [3.63, 3.8) is 0 Å². The summed E-state index contributed by atoms with van der Waals surface area (Å²) < 4.78 is 2.02. The quantitative estimate of drug-likeness (QED) is 0.773. The molecule has 0 radical (unpaired) electrons. The highest BCUT2D eigenvalue weighted by molar-refractivity contribution is 6.29. The van der Waals surface area contributed by atoms with E-state index in [-0.39, 0.29) is 5.91 Å². The van der Waals surface area contributed by atoms with Crippen LogP contribution in [0.1, 0.15) is 32.0 Å². The van der Waals surface area contributed by atoms with Gasteiger partial charge in [0.15, 0.2) is 0 Å². The van der Waals surface area contributed by atoms with Crippen LogP contribution in [0.5, 0.6) is 0 Å². The van der Waals surface area contributed by atoms with E-state index in [1.807, 2.05) is 9.47 Å². The Kier molecular flexibility index (Phi) is 5.65. The SMILES string of the molecule is CCCCn1c(Cl)cnc1CCC(=O)N1CC(N(C)C)C1. The lowest BCUT2D eigenvalue weighted by molar-refractivity contribution is -0.137. The highest BCUT2D eigenvalue weighted by atomic mass is 35.5. The van der Waals surface area contributed by atoms with Crippen molar-refractivity contribution in [2.75, 3.05) is 27.2 Å². The van der Waals surface area contributed by atoms with Crippen molar-refractivity contribution in [2.45, 2.75) is 45.2 Å². The molecule has 1 fully saturated rings. The molecular formula is C15H25ClN4O. The summed E-state index contributed by atoms with van der Waals surface area (Å²) in [6.45, 7) is 4.72. The highest BCUT2D eigenvalue weighted by Crippen LogP contribution is 2.17. The van der Waals surface area contributed by atoms with E-state index in [9.17, 15) is 4.79 Å². The number of carbonyl (C=O) groups is 1. The van der Waals surface area contributed by atoms with Crippen LogP contribution in [0.15, 0.2) is 6.20 Å². The molecule has 1 amide bonds. The molecule has 5 nitrogen and oxygen atoms in total. The Morgan fingerprint density at radius 3 is 2.81 bits per heavy atom. The topological polar surface area (TPSA) is 41.4 Å². The molecule has 1 saturated heterocycles. The predicted molar refractivity (Wildman–Crippen MR) is 84.5 cm³/mol. The van der Waals surface area contributed by atoms with E-state index in [4.69, 9.17) is 11.6 Å². The normalized spacial score (nSPS) is 15.6. The number of unbranched alkanes of at least 4 members (excludes halogenated alkanes) is 1. The second kappa shape index (κ2) is 7.27. The molecule has 0 unspecified atom stereocenters. The molecule has 0 aromatic carbocycles. The van der Waals surface area contributed by atoms with Crippen molar-refractivity contribution in [3.05, 3.63) is 17.2 Å². The average molecular weight is 313 g/mol. The molecule has 0 spiro atoms. The van der Waals surface area contributed by atoms with Gasteiger partial charge in [0.2, 0.25) is 5.91 Å². The van der Waals surface area contributed by atoms with Gasteiger partial charge in [0.25, 0.3) is 0 Å². The van der Waals surface area contributed by atoms with Crippen LogP contribution in [0.4, 0.5) is 0 Å². The third-order valence-electron chi connectivity index (χ3n) is 4.13. The van der Waals surface area contributed by atoms with Gasteiger partial charge in [-0.2, -0.15) is 0 Å². The van der Waals surface area contributed by atoms with Crippen LogP contribution in [0.3, 0.4) is 0 Å². The van der Waals surface area contributed by atoms with Gasteiger partial charge in [-0.25, -0.2) is 4.98 Å². The minimum absolute atomic E-state index is 0.217. The number of halogens is 1. The van der Waals surface area contributed by atoms with Gasteiger partial charge in [-0.05, 0) is 20.5 Å². The van der Waals surface area contributed by atoms with E-state index in [1.165, 1.54) is 0 Å². The average Bonchev–Trinajstić information content (AvgIpc) is 2.72. The molecule has 1 aromatic rings. The van der Waals surface area contributed by atoms with Gasteiger partial charge in [-0.1, -0.05) is 24.9 Å². The van der Waals surface area contributed by atoms with E-state index in [1.54, 1.807) is 6.20 Å². The summed E-state index contributed by atoms with van der Waals surface area (Å²) in [5.41, 5.74) is 0. The molecule has 21 heavy (non-hydrogen) atoms. The first-order valence-electron chi connectivity index (χ1n) is 7.67. The number of likely N-dealkylation sites (tertiary alicyclic amines) is 1. The molecule has 1 aromatic heterocycles. The van der Waals surface area contributed by atoms with Crippen LogP contribution in [-0.2, 0) is 17.8 Å². The Balaban J connectivity index is 1.82. The third-order valence-corrected chi connectivity index (χ3v) is 4.43. The van der Waals surface area contributed by atoms with Crippen LogP contribution in [0, 0.1) is 0 Å². The number of rotatable bonds is 7. The molecule has 6 heteroatoms. The molecule has 2 rings (SSSR count). The van der Waals surface area contributed by atoms with Crippen molar-refractivity contribution in [2.24, 2.45) is 0 Å². The fourth-order valence-corrected chi connectivity index (χ4v) is 2.74. The first-order valence-corrected chi connectivity index (χ1v) is 8.04. The summed E-state index contributed by atoms with van der Waals surface area (Å²) >= 11 is 6.15. The summed E-state index contributed by atoms with van der Waals surface area (Å²) in [7, 11) is 4.11. The van der Waals surface area contributed by atoms with Crippen LogP contribution >= 0.6 is 11.6 Å². The summed E-state index contributed by atoms with van der Waals surface area (Å²) in [4.78, 5) is 20.6. The first kappa shape index (κ1) is 16.3. The van der Waals surface area contributed by atoms with E-state index >= 15 is 0 Å². The Morgan fingerprint density at radius 2 is 2.19 bits per heavy atom. The molecular weight excluding hydrogens is 288 g/mol. The molecule has 1 aliphatic rings. The van der Waals surface area contributed by atoms with Crippen LogP contribution < -0.4 is 0 Å². The summed E-state index contributed by atoms with van der Waals surface area (Å²) in [5.74, 6) is 1.14. The maximum atomic E-state index is 12.1. The lowest BCUT2D eigenvalue weighted by Gasteiger charge is -2.42. The maximum absolute atomic E-state index is 12.1. The van der Waals surface area contributed by atoms with Crippen LogP contribution in [0.2, 0.25) is 5.15 Å². The Morgan fingerprint density at radius 1 is 1.48 bits per heavy atom. The van der Waals surface area contributed by atoms with Crippen LogP contribution in [-0.4, -0.2) is 58.5 Å². The van der Waals surface area contributed by atoms with Crippen molar-refractivity contribution in [3.8, 4) is 0 Å². The third kappa shape index (κ3) is 3.98. The fourth-order valence-electron chi connectivity index (χ4n) is 2.50. The smallest absolute Gasteiger partial charge is 0.223 e. The second-order valence-electron chi connectivity index (χ2n) is 5.92. The molecule has 0 N–H and O–H groups in total. The number of hydrogen-bond donors (Lipinski definition) is 0. The van der Waals surface area contributed by atoms with Crippen molar-refractivity contribution < 1.29 is 4.79 Å². The number of imidazole rings is 1. The lowest BCUT2D eigenvalue weighted by atomic mass is 10.1. The fraction of sp³-hybridized carbons (Fsp3) is 0.733. The molecule has 118 valence electrons. The zero-order valence-electron chi connectivity index (χ0n) is 13.2. The molecule has 0 saturated carbocycles. The Hall–Kier alpha value is -1.07. The monoisotopic (exact) mass is 312 g/mol. The number of likely N-dealkylation sites (N-methyl/N-ethyl adjacent to an activating group) is 1. The van der Waals surface area contributed by atoms with Gasteiger partial charge in [-0.15, -0.1) is 0 Å². The van der Waals surface area contributed by atoms with E-state index in [2.05, 4.69) is 30.9 Å². The summed E-state index contributed by atoms with van der Waals surface area (Å²) in [6, 6.07) is 0.509. The predicted octanol–water partition coefficient (Wildman–Crippen LogP) is 2.04. The van der Waals surface area contributed by atoms with Gasteiger partial charge in [0.1, 0.15) is 11.0 Å². The van der Waals surface area contributed by atoms with Gasteiger partial charge in [0.05, 0.1) is 6.20 Å². The zero-order chi connectivity index (χ0) is 15.4. The summed E-state index contributed by atoms with van der Waals surface area (Å²) in [5, 5.41) is 0.669. The minimum Gasteiger partial charge on any atom is -0.339 e.